The molecule has 9 heterocycles. The molecule has 0 atom stereocenters. The fourth-order valence-electron chi connectivity index (χ4n) is 23.7. The van der Waals surface area contributed by atoms with Crippen LogP contribution in [-0.2, 0) is 0 Å². The maximum Gasteiger partial charge on any atom is 0.137 e. The van der Waals surface area contributed by atoms with Gasteiger partial charge in [-0.3, -0.25) is 0 Å². The lowest BCUT2D eigenvalue weighted by molar-refractivity contribution is 0.668. The Kier molecular flexibility index (Phi) is 19.3. The maximum absolute atomic E-state index is 6.30. The minimum absolute atomic E-state index is 0.898. The Bertz CT molecular complexity index is 11000. The van der Waals surface area contributed by atoms with Crippen LogP contribution in [0.1, 0.15) is 0 Å². The number of para-hydroxylation sites is 9. The van der Waals surface area contributed by atoms with Gasteiger partial charge in [0.1, 0.15) is 11.2 Å². The molecule has 686 valence electrons. The molecule has 0 amide bonds. The van der Waals surface area contributed by atoms with E-state index in [-0.39, 0.29) is 0 Å². The van der Waals surface area contributed by atoms with E-state index < -0.39 is 0 Å². The highest BCUT2D eigenvalue weighted by Crippen LogP contribution is 2.49. The number of fused-ring (bicyclic) bond motifs is 27. The molecule has 0 fully saturated rings. The fourth-order valence-corrected chi connectivity index (χ4v) is 26.2. The second kappa shape index (κ2) is 33.9. The zero-order valence-corrected chi connectivity index (χ0v) is 81.2. The summed E-state index contributed by atoms with van der Waals surface area (Å²) >= 11 is 3.77. The smallest absolute Gasteiger partial charge is 0.137 e. The lowest BCUT2D eigenvalue weighted by atomic mass is 10.0. The molecule has 7 nitrogen and oxygen atoms in total. The highest BCUT2D eigenvalue weighted by Gasteiger charge is 2.26. The monoisotopic (exact) mass is 1910 g/mol. The van der Waals surface area contributed by atoms with Crippen LogP contribution < -0.4 is 0 Å². The minimum Gasteiger partial charge on any atom is -0.456 e. The van der Waals surface area contributed by atoms with E-state index in [1.807, 2.05) is 34.8 Å². The zero-order valence-electron chi connectivity index (χ0n) is 79.6. The summed E-state index contributed by atoms with van der Waals surface area (Å²) in [6, 6.07) is 190. The first-order valence-corrected chi connectivity index (χ1v) is 51.9. The number of hydrogen-bond donors (Lipinski definition) is 0. The first-order chi connectivity index (χ1) is 72.9. The van der Waals surface area contributed by atoms with Crippen LogP contribution in [0.15, 0.2) is 526 Å². The quantitative estimate of drug-likeness (QED) is 0.127. The first-order valence-electron chi connectivity index (χ1n) is 50.2. The van der Waals surface area contributed by atoms with Gasteiger partial charge in [-0.2, -0.15) is 0 Å². The third-order valence-electron chi connectivity index (χ3n) is 30.4. The van der Waals surface area contributed by atoms with Gasteiger partial charge in [0.2, 0.25) is 0 Å². The van der Waals surface area contributed by atoms with E-state index in [0.717, 1.165) is 33.3 Å². The molecule has 0 radical (unpaired) electrons. The molecule has 0 aliphatic rings. The van der Waals surface area contributed by atoms with Crippen molar-refractivity contribution in [2.24, 2.45) is 0 Å². The van der Waals surface area contributed by atoms with Gasteiger partial charge >= 0.3 is 0 Å². The van der Waals surface area contributed by atoms with Gasteiger partial charge in [-0.1, -0.05) is 334 Å². The molecular formula is C138H86N6OS2. The number of thiophene rings is 2. The largest absolute Gasteiger partial charge is 0.456 e. The van der Waals surface area contributed by atoms with Crippen molar-refractivity contribution in [3.05, 3.63) is 522 Å². The van der Waals surface area contributed by atoms with Crippen molar-refractivity contribution in [2.45, 2.75) is 0 Å². The second-order valence-corrected chi connectivity index (χ2v) is 40.5. The van der Waals surface area contributed by atoms with E-state index in [2.05, 4.69) is 537 Å². The normalized spacial score (nSPS) is 11.9. The molecule has 0 bridgehead atoms. The van der Waals surface area contributed by atoms with Crippen molar-refractivity contribution >= 4 is 216 Å². The molecule has 147 heavy (non-hydrogen) atoms. The van der Waals surface area contributed by atoms with Crippen molar-refractivity contribution in [2.75, 3.05) is 0 Å². The number of furan rings is 1. The topological polar surface area (TPSA) is 42.7 Å². The lowest BCUT2D eigenvalue weighted by Gasteiger charge is -2.14. The number of rotatable bonds is 11. The Hall–Kier alpha value is -18.9. The molecule has 0 saturated heterocycles. The summed E-state index contributed by atoms with van der Waals surface area (Å²) < 4.78 is 26.1. The van der Waals surface area contributed by atoms with Gasteiger partial charge in [0.15, 0.2) is 0 Å². The van der Waals surface area contributed by atoms with Crippen LogP contribution in [0.4, 0.5) is 0 Å². The molecule has 9 aromatic heterocycles. The molecule has 23 aromatic carbocycles. The number of nitrogens with zero attached hydrogens (tertiary/aromatic N) is 6. The van der Waals surface area contributed by atoms with Gasteiger partial charge in [-0.25, -0.2) is 0 Å². The molecule has 32 rings (SSSR count). The Labute approximate surface area is 852 Å². The molecule has 0 unspecified atom stereocenters. The predicted molar refractivity (Wildman–Crippen MR) is 626 cm³/mol. The van der Waals surface area contributed by atoms with Crippen LogP contribution in [0, 0.1) is 0 Å². The van der Waals surface area contributed by atoms with Crippen LogP contribution in [0.25, 0.3) is 283 Å². The van der Waals surface area contributed by atoms with Gasteiger partial charge in [0.05, 0.1) is 92.7 Å². The molecule has 32 aromatic rings. The van der Waals surface area contributed by atoms with Gasteiger partial charge in [0, 0.05) is 135 Å². The molecule has 0 N–H and O–H groups in total. The molecule has 0 spiro atoms. The Morgan fingerprint density at radius 2 is 0.401 bits per heavy atom. The molecule has 0 aliphatic carbocycles. The Morgan fingerprint density at radius 1 is 0.136 bits per heavy atom. The SMILES string of the molecule is c1ccc(-c2ccc(-n3c4ccccc4c4cc(-c5ccc6c(c5)c5ccccc5n6-c5cccc6c5sc5ccccc56)ccc43)cc2)cc1.c1ccc(-c2ccccc2-n2c3ccccc3c3cc(-c4ccc5c(c4)c4ccccc4n5-c4ccc5c(c4)oc4ccccc45)ccc32)cc1.c1ccc(-n2c3ccccc3c3cc(-c4ccc5c(c4)c4ccccc4n5-c4cccc5c4sc4ccccc45)ccc32)cc1. The first kappa shape index (κ1) is 83.8. The summed E-state index contributed by atoms with van der Waals surface area (Å²) in [6.45, 7) is 0. The van der Waals surface area contributed by atoms with Gasteiger partial charge in [-0.05, 0) is 232 Å². The van der Waals surface area contributed by atoms with Crippen molar-refractivity contribution < 1.29 is 4.42 Å². The zero-order chi connectivity index (χ0) is 96.4. The van der Waals surface area contributed by atoms with E-state index >= 15 is 0 Å². The van der Waals surface area contributed by atoms with Gasteiger partial charge in [0.25, 0.3) is 0 Å². The summed E-state index contributed by atoms with van der Waals surface area (Å²) in [4.78, 5) is 0. The number of benzene rings is 23. The second-order valence-electron chi connectivity index (χ2n) is 38.4. The summed E-state index contributed by atoms with van der Waals surface area (Å²) in [5, 5.41) is 22.6. The van der Waals surface area contributed by atoms with E-state index in [1.54, 1.807) is 0 Å². The van der Waals surface area contributed by atoms with E-state index in [4.69, 9.17) is 4.42 Å². The van der Waals surface area contributed by atoms with Crippen molar-refractivity contribution in [1.82, 2.24) is 27.4 Å². The van der Waals surface area contributed by atoms with E-state index in [1.165, 1.54) is 250 Å². The van der Waals surface area contributed by atoms with Crippen LogP contribution in [0.2, 0.25) is 0 Å². The summed E-state index contributed by atoms with van der Waals surface area (Å²) in [7, 11) is 0. The van der Waals surface area contributed by atoms with E-state index in [0.29, 0.717) is 0 Å². The van der Waals surface area contributed by atoms with Crippen LogP contribution in [0.5, 0.6) is 0 Å². The minimum atomic E-state index is 0.898. The fraction of sp³-hybridized carbons (Fsp3) is 0. The molecule has 0 saturated carbocycles. The lowest BCUT2D eigenvalue weighted by Crippen LogP contribution is -1.97. The standard InChI is InChI=1S/C48H30N2O.C48H30N2S.C42H26N2S/c1-2-12-31(13-3-1)35-14-4-8-18-42(35)50-44-20-10-6-16-37(44)41-29-33(23-27-46(41)50)32-22-26-45-40(28-32)36-15-5-9-19-43(36)49(45)34-24-25-39-38-17-7-11-21-47(38)51-48(39)30-34;1-2-11-31(12-3-1)32-21-25-35(26-22-32)49-42-17-7-4-13-36(42)40-29-33(23-27-44(40)49)34-24-28-45-41(30-34)37-14-5-8-18-43(37)50(45)46-19-10-16-39-38-15-6-9-20-47(38)51-48(39)46;1-2-11-29(12-3-1)43-36-17-7-4-13-30(36)34-25-27(21-23-38(34)43)28-22-24-39-35(26-28)31-14-5-8-18-37(31)44(39)40-19-10-16-33-32-15-6-9-20-41(32)45-42(33)40/h2*1-30H;1-26H. The van der Waals surface area contributed by atoms with Crippen molar-refractivity contribution in [3.8, 4) is 89.8 Å². The van der Waals surface area contributed by atoms with Crippen LogP contribution in [0.3, 0.4) is 0 Å². The highest BCUT2D eigenvalue weighted by atomic mass is 32.1. The average molecular weight is 1910 g/mol. The molecular weight excluding hydrogens is 1820 g/mol. The van der Waals surface area contributed by atoms with Gasteiger partial charge < -0.3 is 31.8 Å². The van der Waals surface area contributed by atoms with Crippen LogP contribution in [-0.4, -0.2) is 27.4 Å². The average Bonchev–Trinajstić information content (AvgIpc) is 1.59. The van der Waals surface area contributed by atoms with E-state index in [9.17, 15) is 0 Å². The Balaban J connectivity index is 0.000000102. The third-order valence-corrected chi connectivity index (χ3v) is 32.8. The van der Waals surface area contributed by atoms with Gasteiger partial charge in [-0.15, -0.1) is 22.7 Å². The third kappa shape index (κ3) is 13.5. The maximum atomic E-state index is 6.30. The summed E-state index contributed by atoms with van der Waals surface area (Å²) in [6.07, 6.45) is 0. The highest BCUT2D eigenvalue weighted by molar-refractivity contribution is 7.26. The summed E-state index contributed by atoms with van der Waals surface area (Å²) in [5.74, 6) is 0. The number of aromatic nitrogens is 6. The van der Waals surface area contributed by atoms with Crippen LogP contribution >= 0.6 is 22.7 Å². The molecule has 0 aliphatic heterocycles. The van der Waals surface area contributed by atoms with Crippen molar-refractivity contribution in [1.29, 1.82) is 0 Å². The predicted octanol–water partition coefficient (Wildman–Crippen LogP) is 38.6. The molecule has 9 heteroatoms. The summed E-state index contributed by atoms with van der Waals surface area (Å²) in [5.41, 5.74) is 35.6. The Morgan fingerprint density at radius 3 is 0.816 bits per heavy atom. The van der Waals surface area contributed by atoms with Crippen molar-refractivity contribution in [3.63, 3.8) is 0 Å². The number of hydrogen-bond acceptors (Lipinski definition) is 3.